The molecule has 1 fully saturated rings. The average Bonchev–Trinajstić information content (AvgIpc) is 3.39. The van der Waals surface area contributed by atoms with Crippen LogP contribution >= 0.6 is 0 Å². The molecular weight excluding hydrogens is 326 g/mol. The second kappa shape index (κ2) is 6.34. The molecule has 0 heterocycles. The molecule has 6 nitrogen and oxygen atoms in total. The highest BCUT2D eigenvalue weighted by Gasteiger charge is 2.24. The lowest BCUT2D eigenvalue weighted by molar-refractivity contribution is 0.0951. The zero-order chi connectivity index (χ0) is 17.2. The molecule has 1 amide bonds. The molecule has 0 unspecified atom stereocenters. The summed E-state index contributed by atoms with van der Waals surface area (Å²) in [6, 6.07) is 14.1. The van der Waals surface area contributed by atoms with Crippen LogP contribution in [-0.2, 0) is 10.0 Å². The number of rotatable bonds is 5. The Bertz CT molecular complexity index is 894. The van der Waals surface area contributed by atoms with E-state index in [0.717, 1.165) is 12.8 Å². The Balaban J connectivity index is 1.73. The summed E-state index contributed by atoms with van der Waals surface area (Å²) < 4.78 is 27.1. The van der Waals surface area contributed by atoms with Crippen LogP contribution in [0.15, 0.2) is 53.4 Å². The molecule has 2 aromatic rings. The molecule has 0 aromatic heterocycles. The van der Waals surface area contributed by atoms with E-state index in [4.69, 9.17) is 5.26 Å². The Morgan fingerprint density at radius 3 is 2.21 bits per heavy atom. The molecule has 2 N–H and O–H groups in total. The van der Waals surface area contributed by atoms with Crippen LogP contribution in [0.25, 0.3) is 0 Å². The lowest BCUT2D eigenvalue weighted by atomic mass is 10.2. The molecule has 7 heteroatoms. The van der Waals surface area contributed by atoms with Crippen LogP contribution in [-0.4, -0.2) is 20.4 Å². The topological polar surface area (TPSA) is 99.1 Å². The van der Waals surface area contributed by atoms with Crippen LogP contribution in [0.1, 0.15) is 28.8 Å². The molecule has 122 valence electrons. The predicted octanol–water partition coefficient (Wildman–Crippen LogP) is 2.25. The van der Waals surface area contributed by atoms with Crippen molar-refractivity contribution < 1.29 is 13.2 Å². The largest absolute Gasteiger partial charge is 0.349 e. The quantitative estimate of drug-likeness (QED) is 0.871. The number of anilines is 1. The molecule has 0 radical (unpaired) electrons. The van der Waals surface area contributed by atoms with Crippen LogP contribution in [0.5, 0.6) is 0 Å². The van der Waals surface area contributed by atoms with Crippen LogP contribution in [0.4, 0.5) is 5.69 Å². The minimum atomic E-state index is -3.75. The summed E-state index contributed by atoms with van der Waals surface area (Å²) in [7, 11) is -3.75. The van der Waals surface area contributed by atoms with Gasteiger partial charge >= 0.3 is 0 Å². The Morgan fingerprint density at radius 2 is 1.67 bits per heavy atom. The number of carbonyl (C=O) groups is 1. The molecule has 24 heavy (non-hydrogen) atoms. The first-order valence-corrected chi connectivity index (χ1v) is 8.90. The van der Waals surface area contributed by atoms with Gasteiger partial charge in [0.15, 0.2) is 0 Å². The summed E-state index contributed by atoms with van der Waals surface area (Å²) in [5, 5.41) is 11.6. The molecule has 1 aliphatic rings. The van der Waals surface area contributed by atoms with Gasteiger partial charge < -0.3 is 5.32 Å². The molecular formula is C17H15N3O3S. The highest BCUT2D eigenvalue weighted by molar-refractivity contribution is 7.92. The summed E-state index contributed by atoms with van der Waals surface area (Å²) in [6.07, 6.45) is 1.99. The van der Waals surface area contributed by atoms with Crippen molar-refractivity contribution >= 4 is 21.6 Å². The number of hydrogen-bond donors (Lipinski definition) is 2. The van der Waals surface area contributed by atoms with Gasteiger partial charge in [-0.3, -0.25) is 9.52 Å². The Morgan fingerprint density at radius 1 is 1.04 bits per heavy atom. The summed E-state index contributed by atoms with van der Waals surface area (Å²) in [5.41, 5.74) is 1.24. The maximum atomic E-state index is 12.3. The van der Waals surface area contributed by atoms with E-state index < -0.39 is 10.0 Å². The van der Waals surface area contributed by atoms with Crippen molar-refractivity contribution in [1.29, 1.82) is 5.26 Å². The van der Waals surface area contributed by atoms with Gasteiger partial charge in [0.2, 0.25) is 0 Å². The van der Waals surface area contributed by atoms with E-state index in [-0.39, 0.29) is 16.8 Å². The van der Waals surface area contributed by atoms with Gasteiger partial charge in [-0.05, 0) is 61.4 Å². The van der Waals surface area contributed by atoms with Crippen molar-refractivity contribution in [2.45, 2.75) is 23.8 Å². The second-order valence-corrected chi connectivity index (χ2v) is 7.25. The zero-order valence-electron chi connectivity index (χ0n) is 12.7. The number of benzene rings is 2. The molecule has 0 spiro atoms. The van der Waals surface area contributed by atoms with E-state index in [2.05, 4.69) is 10.0 Å². The van der Waals surface area contributed by atoms with Crippen molar-refractivity contribution in [1.82, 2.24) is 5.32 Å². The molecule has 3 rings (SSSR count). The minimum absolute atomic E-state index is 0.0647. The van der Waals surface area contributed by atoms with Crippen LogP contribution in [0, 0.1) is 11.3 Å². The number of nitrogens with zero attached hydrogens (tertiary/aromatic N) is 1. The third-order valence-corrected chi connectivity index (χ3v) is 5.00. The molecule has 0 atom stereocenters. The highest BCUT2D eigenvalue weighted by Crippen LogP contribution is 2.20. The van der Waals surface area contributed by atoms with Gasteiger partial charge in [0, 0.05) is 17.3 Å². The standard InChI is InChI=1S/C17H15N3O3S/c18-11-12-1-5-15(6-2-12)20-24(22,23)16-9-3-13(4-10-16)17(21)19-14-7-8-14/h1-6,9-10,14,20H,7-8H2,(H,19,21). The van der Waals surface area contributed by atoms with Crippen molar-refractivity contribution in [3.05, 3.63) is 59.7 Å². The number of hydrogen-bond acceptors (Lipinski definition) is 4. The summed E-state index contributed by atoms with van der Waals surface area (Å²) in [6.45, 7) is 0. The molecule has 0 bridgehead atoms. The van der Waals surface area contributed by atoms with Crippen LogP contribution in [0.3, 0.4) is 0 Å². The molecule has 1 aliphatic carbocycles. The fourth-order valence-electron chi connectivity index (χ4n) is 2.11. The van der Waals surface area contributed by atoms with Gasteiger partial charge in [-0.15, -0.1) is 0 Å². The van der Waals surface area contributed by atoms with E-state index in [9.17, 15) is 13.2 Å². The molecule has 0 aliphatic heterocycles. The predicted molar refractivity (Wildman–Crippen MR) is 88.9 cm³/mol. The highest BCUT2D eigenvalue weighted by atomic mass is 32.2. The first-order chi connectivity index (χ1) is 11.5. The van der Waals surface area contributed by atoms with Crippen LogP contribution in [0.2, 0.25) is 0 Å². The lowest BCUT2D eigenvalue weighted by Gasteiger charge is -2.09. The minimum Gasteiger partial charge on any atom is -0.349 e. The monoisotopic (exact) mass is 341 g/mol. The van der Waals surface area contributed by atoms with E-state index in [1.807, 2.05) is 6.07 Å². The Labute approximate surface area is 140 Å². The van der Waals surface area contributed by atoms with Gasteiger partial charge in [0.25, 0.3) is 15.9 Å². The van der Waals surface area contributed by atoms with Gasteiger partial charge in [-0.1, -0.05) is 0 Å². The first kappa shape index (κ1) is 16.0. The lowest BCUT2D eigenvalue weighted by Crippen LogP contribution is -2.25. The van der Waals surface area contributed by atoms with Gasteiger partial charge in [-0.2, -0.15) is 5.26 Å². The number of amides is 1. The molecule has 2 aromatic carbocycles. The molecule has 0 saturated heterocycles. The molecule has 1 saturated carbocycles. The summed E-state index contributed by atoms with van der Waals surface area (Å²) in [4.78, 5) is 12.0. The van der Waals surface area contributed by atoms with Crippen molar-refractivity contribution in [2.75, 3.05) is 4.72 Å². The fourth-order valence-corrected chi connectivity index (χ4v) is 3.17. The Hall–Kier alpha value is -2.85. The average molecular weight is 341 g/mol. The zero-order valence-corrected chi connectivity index (χ0v) is 13.5. The Kier molecular flexibility index (Phi) is 4.23. The van der Waals surface area contributed by atoms with Gasteiger partial charge in [0.1, 0.15) is 0 Å². The maximum absolute atomic E-state index is 12.3. The normalized spacial score (nSPS) is 13.8. The third-order valence-electron chi connectivity index (χ3n) is 3.61. The summed E-state index contributed by atoms with van der Waals surface area (Å²) >= 11 is 0. The smallest absolute Gasteiger partial charge is 0.261 e. The van der Waals surface area contributed by atoms with Crippen molar-refractivity contribution in [3.63, 3.8) is 0 Å². The number of nitriles is 1. The first-order valence-electron chi connectivity index (χ1n) is 7.42. The van der Waals surface area contributed by atoms with Gasteiger partial charge in [0.05, 0.1) is 16.5 Å². The fraction of sp³-hybridized carbons (Fsp3) is 0.176. The van der Waals surface area contributed by atoms with E-state index >= 15 is 0 Å². The van der Waals surface area contributed by atoms with Crippen molar-refractivity contribution in [3.8, 4) is 6.07 Å². The number of carbonyl (C=O) groups excluding carboxylic acids is 1. The van der Waals surface area contributed by atoms with Crippen molar-refractivity contribution in [2.24, 2.45) is 0 Å². The maximum Gasteiger partial charge on any atom is 0.261 e. The van der Waals surface area contributed by atoms with Crippen LogP contribution < -0.4 is 10.0 Å². The van der Waals surface area contributed by atoms with E-state index in [0.29, 0.717) is 16.8 Å². The van der Waals surface area contributed by atoms with E-state index in [1.54, 1.807) is 0 Å². The second-order valence-electron chi connectivity index (χ2n) is 5.57. The van der Waals surface area contributed by atoms with E-state index in [1.165, 1.54) is 48.5 Å². The third kappa shape index (κ3) is 3.73. The van der Waals surface area contributed by atoms with Gasteiger partial charge in [-0.25, -0.2) is 8.42 Å². The number of nitrogens with one attached hydrogen (secondary N) is 2. The SMILES string of the molecule is N#Cc1ccc(NS(=O)(=O)c2ccc(C(=O)NC3CC3)cc2)cc1. The number of sulfonamides is 1. The summed E-state index contributed by atoms with van der Waals surface area (Å²) in [5.74, 6) is -0.193.